The van der Waals surface area contributed by atoms with Crippen LogP contribution in [0.4, 0.5) is 8.78 Å². The Morgan fingerprint density at radius 2 is 2.00 bits per heavy atom. The minimum Gasteiger partial charge on any atom is -0.207 e. The Morgan fingerprint density at radius 3 is 2.50 bits per heavy atom. The van der Waals surface area contributed by atoms with Crippen LogP contribution in [-0.4, -0.2) is 0 Å². The van der Waals surface area contributed by atoms with Crippen LogP contribution in [0, 0.1) is 11.6 Å². The van der Waals surface area contributed by atoms with Gasteiger partial charge in [-0.3, -0.25) is 0 Å². The van der Waals surface area contributed by atoms with Crippen molar-refractivity contribution in [3.05, 3.63) is 35.4 Å². The lowest BCUT2D eigenvalue weighted by Crippen LogP contribution is -1.85. The second-order valence-corrected chi connectivity index (χ2v) is 2.63. The van der Waals surface area contributed by atoms with E-state index in [1.807, 2.05) is 22.6 Å². The maximum absolute atomic E-state index is 12.6. The summed E-state index contributed by atoms with van der Waals surface area (Å²) in [6, 6.07) is 3.61. The fourth-order valence-electron chi connectivity index (χ4n) is 0.630. The molecule has 1 rings (SSSR count). The molecule has 0 bridgehead atoms. The van der Waals surface area contributed by atoms with E-state index in [2.05, 4.69) is 0 Å². The van der Waals surface area contributed by atoms with E-state index < -0.39 is 11.6 Å². The van der Waals surface area contributed by atoms with Crippen LogP contribution < -0.4 is 0 Å². The van der Waals surface area contributed by atoms with Crippen LogP contribution in [0.15, 0.2) is 18.2 Å². The second kappa shape index (κ2) is 3.27. The smallest absolute Gasteiger partial charge is 0.130 e. The Bertz CT molecular complexity index is 235. The van der Waals surface area contributed by atoms with Crippen molar-refractivity contribution in [3.8, 4) is 0 Å². The van der Waals surface area contributed by atoms with Gasteiger partial charge in [0.05, 0.1) is 0 Å². The molecule has 0 aromatic heterocycles. The predicted octanol–water partition coefficient (Wildman–Crippen LogP) is 2.90. The molecule has 0 N–H and O–H groups in total. The first-order chi connectivity index (χ1) is 4.74. The first-order valence-electron chi connectivity index (χ1n) is 2.74. The van der Waals surface area contributed by atoms with Crippen molar-refractivity contribution >= 4 is 22.6 Å². The highest BCUT2D eigenvalue weighted by atomic mass is 127. The molecule has 0 unspecified atom stereocenters. The van der Waals surface area contributed by atoms with E-state index in [1.54, 1.807) is 0 Å². The van der Waals surface area contributed by atoms with Crippen LogP contribution in [0.2, 0.25) is 0 Å². The van der Waals surface area contributed by atoms with Crippen molar-refractivity contribution in [1.29, 1.82) is 0 Å². The molecule has 0 heterocycles. The van der Waals surface area contributed by atoms with Crippen molar-refractivity contribution in [1.82, 2.24) is 0 Å². The highest BCUT2D eigenvalue weighted by molar-refractivity contribution is 14.1. The molecule has 0 atom stereocenters. The molecule has 0 amide bonds. The monoisotopic (exact) mass is 254 g/mol. The fraction of sp³-hybridized carbons (Fsp3) is 0.143. The van der Waals surface area contributed by atoms with Crippen molar-refractivity contribution in [2.24, 2.45) is 0 Å². The average Bonchev–Trinajstić information content (AvgIpc) is 1.88. The van der Waals surface area contributed by atoms with E-state index in [0.29, 0.717) is 9.99 Å². The molecule has 3 heteroatoms. The fourth-order valence-corrected chi connectivity index (χ4v) is 1.25. The summed E-state index contributed by atoms with van der Waals surface area (Å²) in [7, 11) is 0. The van der Waals surface area contributed by atoms with Gasteiger partial charge in [-0.05, 0) is 11.6 Å². The Balaban J connectivity index is 3.07. The number of benzene rings is 1. The summed E-state index contributed by atoms with van der Waals surface area (Å²) in [4.78, 5) is 0. The highest BCUT2D eigenvalue weighted by Crippen LogP contribution is 2.12. The van der Waals surface area contributed by atoms with E-state index in [0.717, 1.165) is 6.07 Å². The number of rotatable bonds is 1. The van der Waals surface area contributed by atoms with Gasteiger partial charge in [-0.1, -0.05) is 28.7 Å². The molecule has 0 aliphatic heterocycles. The molecule has 0 spiro atoms. The molecule has 0 saturated carbocycles. The van der Waals surface area contributed by atoms with Crippen molar-refractivity contribution in [2.75, 3.05) is 0 Å². The number of hydrogen-bond acceptors (Lipinski definition) is 0. The van der Waals surface area contributed by atoms with E-state index in [9.17, 15) is 8.78 Å². The molecular formula is C7H5F2I. The SMILES string of the molecule is Fc1ccc(CI)c(F)c1. The summed E-state index contributed by atoms with van der Waals surface area (Å²) >= 11 is 2.03. The number of halogens is 3. The standard InChI is InChI=1S/C7H5F2I/c8-6-2-1-5(4-10)7(9)3-6/h1-3H,4H2. The lowest BCUT2D eigenvalue weighted by molar-refractivity contribution is 0.577. The molecule has 0 radical (unpaired) electrons. The summed E-state index contributed by atoms with van der Waals surface area (Å²) in [5.74, 6) is -0.986. The van der Waals surface area contributed by atoms with Crippen LogP contribution in [0.3, 0.4) is 0 Å². The normalized spacial score (nSPS) is 9.90. The van der Waals surface area contributed by atoms with Gasteiger partial charge in [0.25, 0.3) is 0 Å². The molecule has 1 aromatic carbocycles. The lowest BCUT2D eigenvalue weighted by Gasteiger charge is -1.95. The summed E-state index contributed by atoms with van der Waals surface area (Å²) < 4.78 is 25.4. The van der Waals surface area contributed by atoms with Gasteiger partial charge in [-0.15, -0.1) is 0 Å². The van der Waals surface area contributed by atoms with Gasteiger partial charge in [0, 0.05) is 10.5 Å². The maximum atomic E-state index is 12.6. The second-order valence-electron chi connectivity index (χ2n) is 1.87. The molecular weight excluding hydrogens is 249 g/mol. The third-order valence-corrected chi connectivity index (χ3v) is 1.98. The molecule has 0 fully saturated rings. The highest BCUT2D eigenvalue weighted by Gasteiger charge is 2.00. The van der Waals surface area contributed by atoms with Crippen molar-refractivity contribution in [2.45, 2.75) is 4.43 Å². The van der Waals surface area contributed by atoms with Crippen LogP contribution >= 0.6 is 22.6 Å². The zero-order chi connectivity index (χ0) is 7.56. The zero-order valence-electron chi connectivity index (χ0n) is 5.07. The van der Waals surface area contributed by atoms with E-state index in [-0.39, 0.29) is 0 Å². The van der Waals surface area contributed by atoms with Gasteiger partial charge in [0.2, 0.25) is 0 Å². The van der Waals surface area contributed by atoms with E-state index >= 15 is 0 Å². The largest absolute Gasteiger partial charge is 0.207 e. The van der Waals surface area contributed by atoms with Gasteiger partial charge in [-0.25, -0.2) is 8.78 Å². The molecule has 0 aliphatic rings. The minimum absolute atomic E-state index is 0.464. The molecule has 1 aromatic rings. The number of hydrogen-bond donors (Lipinski definition) is 0. The van der Waals surface area contributed by atoms with Gasteiger partial charge in [-0.2, -0.15) is 0 Å². The minimum atomic E-state index is -0.522. The first-order valence-corrected chi connectivity index (χ1v) is 4.26. The Kier molecular flexibility index (Phi) is 2.59. The molecule has 10 heavy (non-hydrogen) atoms. The van der Waals surface area contributed by atoms with E-state index in [1.165, 1.54) is 12.1 Å². The van der Waals surface area contributed by atoms with Crippen LogP contribution in [0.5, 0.6) is 0 Å². The maximum Gasteiger partial charge on any atom is 0.130 e. The van der Waals surface area contributed by atoms with Gasteiger partial charge < -0.3 is 0 Å². The van der Waals surface area contributed by atoms with E-state index in [4.69, 9.17) is 0 Å². The van der Waals surface area contributed by atoms with Gasteiger partial charge >= 0.3 is 0 Å². The Morgan fingerprint density at radius 1 is 1.30 bits per heavy atom. The Labute approximate surface area is 71.4 Å². The van der Waals surface area contributed by atoms with Gasteiger partial charge in [0.15, 0.2) is 0 Å². The van der Waals surface area contributed by atoms with Gasteiger partial charge in [0.1, 0.15) is 11.6 Å². The first kappa shape index (κ1) is 7.91. The molecule has 0 saturated heterocycles. The third kappa shape index (κ3) is 1.65. The van der Waals surface area contributed by atoms with Crippen molar-refractivity contribution < 1.29 is 8.78 Å². The summed E-state index contributed by atoms with van der Waals surface area (Å²) in [6.45, 7) is 0. The number of alkyl halides is 1. The van der Waals surface area contributed by atoms with Crippen LogP contribution in [0.25, 0.3) is 0 Å². The molecule has 54 valence electrons. The topological polar surface area (TPSA) is 0 Å². The zero-order valence-corrected chi connectivity index (χ0v) is 7.23. The molecule has 0 nitrogen and oxygen atoms in total. The quantitative estimate of drug-likeness (QED) is 0.534. The predicted molar refractivity (Wildman–Crippen MR) is 44.1 cm³/mol. The average molecular weight is 254 g/mol. The Hall–Kier alpha value is -0.190. The van der Waals surface area contributed by atoms with Crippen molar-refractivity contribution in [3.63, 3.8) is 0 Å². The summed E-state index contributed by atoms with van der Waals surface area (Å²) in [6.07, 6.45) is 0. The lowest BCUT2D eigenvalue weighted by atomic mass is 10.2. The summed E-state index contributed by atoms with van der Waals surface area (Å²) in [5, 5.41) is 0. The molecule has 0 aliphatic carbocycles. The third-order valence-electron chi connectivity index (χ3n) is 1.16. The van der Waals surface area contributed by atoms with Crippen LogP contribution in [-0.2, 0) is 4.43 Å². The summed E-state index contributed by atoms with van der Waals surface area (Å²) in [5.41, 5.74) is 0.544. The van der Waals surface area contributed by atoms with Crippen LogP contribution in [0.1, 0.15) is 5.56 Å².